The highest BCUT2D eigenvalue weighted by atomic mass is 32.1. The van der Waals surface area contributed by atoms with E-state index in [9.17, 15) is 9.59 Å². The van der Waals surface area contributed by atoms with Gasteiger partial charge >= 0.3 is 5.97 Å². The summed E-state index contributed by atoms with van der Waals surface area (Å²) in [5.41, 5.74) is 7.95. The summed E-state index contributed by atoms with van der Waals surface area (Å²) in [5.74, 6) is -1.31. The zero-order valence-electron chi connectivity index (χ0n) is 8.55. The van der Waals surface area contributed by atoms with Crippen LogP contribution in [0.3, 0.4) is 0 Å². The Kier molecular flexibility index (Phi) is 4.87. The molecule has 0 fully saturated rings. The van der Waals surface area contributed by atoms with Crippen molar-refractivity contribution in [2.45, 2.75) is 25.4 Å². The molecule has 0 saturated carbocycles. The first-order valence-corrected chi connectivity index (χ1v) is 5.66. The number of nitrogens with two attached hydrogens (primary N) is 1. The summed E-state index contributed by atoms with van der Waals surface area (Å²) in [6.07, 6.45) is 0.0313. The number of carboxylic acid groups (broad SMARTS) is 1. The summed E-state index contributed by atoms with van der Waals surface area (Å²) < 4.78 is 0. The van der Waals surface area contributed by atoms with Gasteiger partial charge in [-0.1, -0.05) is 0 Å². The number of hydrogen-bond acceptors (Lipinski definition) is 5. The van der Waals surface area contributed by atoms with Gasteiger partial charge in [0, 0.05) is 11.8 Å². The Morgan fingerprint density at radius 3 is 2.94 bits per heavy atom. The topological polar surface area (TPSA) is 105 Å². The van der Waals surface area contributed by atoms with Crippen LogP contribution in [0, 0.1) is 0 Å². The molecule has 1 atom stereocenters. The van der Waals surface area contributed by atoms with Crippen molar-refractivity contribution in [1.82, 2.24) is 10.3 Å². The van der Waals surface area contributed by atoms with E-state index in [-0.39, 0.29) is 18.7 Å². The van der Waals surface area contributed by atoms with E-state index < -0.39 is 12.0 Å². The first kappa shape index (κ1) is 12.6. The molecule has 0 radical (unpaired) electrons. The minimum atomic E-state index is -0.956. The van der Waals surface area contributed by atoms with Crippen LogP contribution in [0.25, 0.3) is 0 Å². The Morgan fingerprint density at radius 2 is 2.38 bits per heavy atom. The van der Waals surface area contributed by atoms with Crippen molar-refractivity contribution in [3.63, 3.8) is 0 Å². The van der Waals surface area contributed by atoms with Gasteiger partial charge in [-0.2, -0.15) is 0 Å². The fourth-order valence-corrected chi connectivity index (χ4v) is 1.60. The first-order chi connectivity index (χ1) is 7.59. The number of nitrogens with zero attached hydrogens (tertiary/aromatic N) is 1. The van der Waals surface area contributed by atoms with E-state index in [0.717, 1.165) is 5.69 Å². The number of thiazole rings is 1. The van der Waals surface area contributed by atoms with Gasteiger partial charge in [0.15, 0.2) is 0 Å². The monoisotopic (exact) mass is 243 g/mol. The van der Waals surface area contributed by atoms with Crippen molar-refractivity contribution in [3.05, 3.63) is 16.6 Å². The van der Waals surface area contributed by atoms with Crippen LogP contribution >= 0.6 is 11.3 Å². The van der Waals surface area contributed by atoms with Gasteiger partial charge in [-0.05, 0) is 6.42 Å². The first-order valence-electron chi connectivity index (χ1n) is 4.71. The van der Waals surface area contributed by atoms with E-state index in [0.29, 0.717) is 6.54 Å². The maximum Gasteiger partial charge on any atom is 0.303 e. The van der Waals surface area contributed by atoms with Gasteiger partial charge in [-0.25, -0.2) is 4.98 Å². The Hall–Kier alpha value is -1.47. The normalized spacial score (nSPS) is 12.1. The van der Waals surface area contributed by atoms with Gasteiger partial charge in [-0.15, -0.1) is 11.3 Å². The van der Waals surface area contributed by atoms with E-state index in [2.05, 4.69) is 10.3 Å². The number of carboxylic acids is 1. The lowest BCUT2D eigenvalue weighted by Crippen LogP contribution is -2.40. The number of amides is 1. The van der Waals surface area contributed by atoms with E-state index in [4.69, 9.17) is 10.8 Å². The Balaban J connectivity index is 2.26. The number of carbonyl (C=O) groups excluding carboxylic acids is 1. The van der Waals surface area contributed by atoms with Crippen molar-refractivity contribution in [1.29, 1.82) is 0 Å². The van der Waals surface area contributed by atoms with Crippen molar-refractivity contribution >= 4 is 23.2 Å². The van der Waals surface area contributed by atoms with E-state index >= 15 is 0 Å². The molecule has 16 heavy (non-hydrogen) atoms. The van der Waals surface area contributed by atoms with Gasteiger partial charge in [-0.3, -0.25) is 9.59 Å². The van der Waals surface area contributed by atoms with Gasteiger partial charge in [0.2, 0.25) is 5.91 Å². The molecule has 7 heteroatoms. The molecule has 6 nitrogen and oxygen atoms in total. The molecular weight excluding hydrogens is 230 g/mol. The lowest BCUT2D eigenvalue weighted by molar-refractivity contribution is -0.137. The van der Waals surface area contributed by atoms with Gasteiger partial charge in [0.25, 0.3) is 0 Å². The molecule has 1 aromatic rings. The highest BCUT2D eigenvalue weighted by molar-refractivity contribution is 7.07. The second-order valence-electron chi connectivity index (χ2n) is 3.24. The fourth-order valence-electron chi connectivity index (χ4n) is 1.04. The summed E-state index contributed by atoms with van der Waals surface area (Å²) in [4.78, 5) is 25.7. The lowest BCUT2D eigenvalue weighted by atomic mass is 10.1. The molecule has 0 aliphatic heterocycles. The highest BCUT2D eigenvalue weighted by Crippen LogP contribution is 2.00. The molecule has 0 spiro atoms. The molecule has 1 amide bonds. The molecule has 0 saturated heterocycles. The van der Waals surface area contributed by atoms with Crippen LogP contribution in [0.15, 0.2) is 10.9 Å². The second-order valence-corrected chi connectivity index (χ2v) is 3.96. The summed E-state index contributed by atoms with van der Waals surface area (Å²) in [6.45, 7) is 0.323. The average molecular weight is 243 g/mol. The molecule has 4 N–H and O–H groups in total. The van der Waals surface area contributed by atoms with Crippen LogP contribution in [0.5, 0.6) is 0 Å². The molecule has 1 aromatic heterocycles. The predicted octanol–water partition coefficient (Wildman–Crippen LogP) is -0.0486. The quantitative estimate of drug-likeness (QED) is 0.649. The Morgan fingerprint density at radius 1 is 1.62 bits per heavy atom. The zero-order chi connectivity index (χ0) is 12.0. The second kappa shape index (κ2) is 6.19. The minimum Gasteiger partial charge on any atom is -0.481 e. The number of nitrogens with one attached hydrogen (secondary N) is 1. The SMILES string of the molecule is NC(CCC(=O)O)C(=O)NCc1cscn1. The van der Waals surface area contributed by atoms with Crippen molar-refractivity contribution in [2.75, 3.05) is 0 Å². The van der Waals surface area contributed by atoms with Crippen LogP contribution in [0.4, 0.5) is 0 Å². The van der Waals surface area contributed by atoms with Crippen LogP contribution in [-0.4, -0.2) is 28.0 Å². The molecule has 88 valence electrons. The van der Waals surface area contributed by atoms with Gasteiger partial charge in [0.05, 0.1) is 23.8 Å². The molecule has 1 rings (SSSR count). The molecule has 0 aliphatic rings. The molecule has 0 bridgehead atoms. The third kappa shape index (κ3) is 4.37. The molecule has 1 unspecified atom stereocenters. The highest BCUT2D eigenvalue weighted by Gasteiger charge is 2.14. The number of carbonyl (C=O) groups is 2. The summed E-state index contributed by atoms with van der Waals surface area (Å²) in [5, 5.41) is 12.8. The van der Waals surface area contributed by atoms with Crippen LogP contribution in [0.2, 0.25) is 0 Å². The van der Waals surface area contributed by atoms with Gasteiger partial charge < -0.3 is 16.2 Å². The largest absolute Gasteiger partial charge is 0.481 e. The maximum atomic E-state index is 11.4. The van der Waals surface area contributed by atoms with E-state index in [1.54, 1.807) is 5.51 Å². The smallest absolute Gasteiger partial charge is 0.303 e. The zero-order valence-corrected chi connectivity index (χ0v) is 9.37. The number of hydrogen-bond donors (Lipinski definition) is 3. The van der Waals surface area contributed by atoms with E-state index in [1.807, 2.05) is 5.38 Å². The molecule has 1 heterocycles. The van der Waals surface area contributed by atoms with Crippen molar-refractivity contribution in [2.24, 2.45) is 5.73 Å². The van der Waals surface area contributed by atoms with Crippen molar-refractivity contribution in [3.8, 4) is 0 Å². The summed E-state index contributed by atoms with van der Waals surface area (Å²) in [6, 6.07) is -0.783. The summed E-state index contributed by atoms with van der Waals surface area (Å²) >= 11 is 1.44. The lowest BCUT2D eigenvalue weighted by Gasteiger charge is -2.09. The minimum absolute atomic E-state index is 0.106. The fraction of sp³-hybridized carbons (Fsp3) is 0.444. The number of rotatable bonds is 6. The standard InChI is InChI=1S/C9H13N3O3S/c10-7(1-2-8(13)14)9(15)11-3-6-4-16-5-12-6/h4-5,7H,1-3,10H2,(H,11,15)(H,13,14). The summed E-state index contributed by atoms with van der Waals surface area (Å²) in [7, 11) is 0. The third-order valence-corrected chi connectivity index (χ3v) is 2.57. The maximum absolute atomic E-state index is 11.4. The molecule has 0 aliphatic carbocycles. The van der Waals surface area contributed by atoms with Crippen LogP contribution < -0.4 is 11.1 Å². The number of aliphatic carboxylic acids is 1. The Bertz CT molecular complexity index is 353. The van der Waals surface area contributed by atoms with Crippen molar-refractivity contribution < 1.29 is 14.7 Å². The van der Waals surface area contributed by atoms with Gasteiger partial charge in [0.1, 0.15) is 0 Å². The average Bonchev–Trinajstić information content (AvgIpc) is 2.75. The van der Waals surface area contributed by atoms with Crippen LogP contribution in [-0.2, 0) is 16.1 Å². The Labute approximate surface area is 96.5 Å². The molecular formula is C9H13N3O3S. The number of aromatic nitrogens is 1. The van der Waals surface area contributed by atoms with Crippen LogP contribution in [0.1, 0.15) is 18.5 Å². The van der Waals surface area contributed by atoms with E-state index in [1.165, 1.54) is 11.3 Å². The molecule has 0 aromatic carbocycles. The third-order valence-electron chi connectivity index (χ3n) is 1.93. The predicted molar refractivity (Wildman–Crippen MR) is 58.8 cm³/mol.